The topological polar surface area (TPSA) is 52.6 Å². The van der Waals surface area contributed by atoms with Crippen LogP contribution in [0.15, 0.2) is 30.3 Å². The highest BCUT2D eigenvalue weighted by molar-refractivity contribution is 5.90. The van der Waals surface area contributed by atoms with Gasteiger partial charge < -0.3 is 9.47 Å². The molecule has 0 heterocycles. The third-order valence-electron chi connectivity index (χ3n) is 2.07. The molecule has 1 aromatic rings. The molecule has 0 aliphatic carbocycles. The quantitative estimate of drug-likeness (QED) is 0.472. The van der Waals surface area contributed by atoms with Crippen molar-refractivity contribution in [2.45, 2.75) is 39.4 Å². The Morgan fingerprint density at radius 1 is 1.15 bits per heavy atom. The van der Waals surface area contributed by atoms with Crippen molar-refractivity contribution in [2.75, 3.05) is 0 Å². The van der Waals surface area contributed by atoms with E-state index in [9.17, 15) is 9.59 Å². The lowest BCUT2D eigenvalue weighted by molar-refractivity contribution is -0.147. The Hall–Kier alpha value is -2.28. The Morgan fingerprint density at radius 2 is 1.75 bits per heavy atom. The largest absolute Gasteiger partial charge is 0.450 e. The minimum Gasteiger partial charge on any atom is -0.450 e. The molecule has 106 valence electrons. The molecule has 0 radical (unpaired) electrons. The Kier molecular flexibility index (Phi) is 5.33. The average molecular weight is 274 g/mol. The van der Waals surface area contributed by atoms with E-state index in [1.807, 2.05) is 6.07 Å². The summed E-state index contributed by atoms with van der Waals surface area (Å²) in [7, 11) is 0. The van der Waals surface area contributed by atoms with Crippen LogP contribution < -0.4 is 0 Å². The molecule has 0 saturated carbocycles. The van der Waals surface area contributed by atoms with E-state index in [2.05, 4.69) is 11.8 Å². The Balaban J connectivity index is 2.55. The number of hydrogen-bond acceptors (Lipinski definition) is 4. The van der Waals surface area contributed by atoms with Crippen LogP contribution in [0.25, 0.3) is 0 Å². The van der Waals surface area contributed by atoms with Gasteiger partial charge in [-0.25, -0.2) is 9.59 Å². The van der Waals surface area contributed by atoms with Crippen LogP contribution in [0, 0.1) is 11.8 Å². The van der Waals surface area contributed by atoms with Crippen LogP contribution in [0.2, 0.25) is 0 Å². The molecular weight excluding hydrogens is 256 g/mol. The van der Waals surface area contributed by atoms with Gasteiger partial charge in [0.2, 0.25) is 0 Å². The lowest BCUT2D eigenvalue weighted by Gasteiger charge is -2.17. The maximum atomic E-state index is 11.7. The highest BCUT2D eigenvalue weighted by Crippen LogP contribution is 2.06. The predicted molar refractivity (Wildman–Crippen MR) is 74.9 cm³/mol. The van der Waals surface area contributed by atoms with E-state index in [0.29, 0.717) is 5.56 Å². The summed E-state index contributed by atoms with van der Waals surface area (Å²) in [5, 5.41) is 0. The van der Waals surface area contributed by atoms with E-state index in [0.717, 1.165) is 0 Å². The number of hydrogen-bond donors (Lipinski definition) is 0. The monoisotopic (exact) mass is 274 g/mol. The molecule has 0 N–H and O–H groups in total. The Labute approximate surface area is 119 Å². The minimum atomic E-state index is -0.685. The van der Waals surface area contributed by atoms with E-state index in [1.54, 1.807) is 52.0 Å². The zero-order valence-corrected chi connectivity index (χ0v) is 12.1. The molecule has 1 aromatic carbocycles. The van der Waals surface area contributed by atoms with Gasteiger partial charge in [-0.2, -0.15) is 0 Å². The molecule has 0 fully saturated rings. The second-order valence-electron chi connectivity index (χ2n) is 5.18. The second kappa shape index (κ2) is 6.76. The van der Waals surface area contributed by atoms with Crippen LogP contribution in [0.3, 0.4) is 0 Å². The number of carbonyl (C=O) groups is 2. The molecule has 20 heavy (non-hydrogen) atoms. The maximum absolute atomic E-state index is 11.7. The van der Waals surface area contributed by atoms with Gasteiger partial charge in [0, 0.05) is 5.92 Å². The molecule has 1 unspecified atom stereocenters. The van der Waals surface area contributed by atoms with Crippen molar-refractivity contribution < 1.29 is 19.1 Å². The third-order valence-corrected chi connectivity index (χ3v) is 2.07. The second-order valence-corrected chi connectivity index (χ2v) is 5.18. The summed E-state index contributed by atoms with van der Waals surface area (Å²) in [5.41, 5.74) is -0.145. The first kappa shape index (κ1) is 15.8. The summed E-state index contributed by atoms with van der Waals surface area (Å²) in [6.07, 6.45) is -0.685. The molecule has 0 bridgehead atoms. The van der Waals surface area contributed by atoms with Gasteiger partial charge in [0.25, 0.3) is 0 Å². The molecule has 0 aliphatic rings. The smallest absolute Gasteiger partial charge is 0.384 e. The molecule has 4 heteroatoms. The first-order valence-electron chi connectivity index (χ1n) is 6.28. The van der Waals surface area contributed by atoms with Gasteiger partial charge >= 0.3 is 11.9 Å². The standard InChI is InChI=1S/C16H18O4/c1-12(10-11-14(17)20-16(2,3)4)19-15(18)13-8-6-5-7-9-13/h5-9,12H,1-4H3. The number of benzene rings is 1. The summed E-state index contributed by atoms with van der Waals surface area (Å²) >= 11 is 0. The predicted octanol–water partition coefficient (Wildman–Crippen LogP) is 2.58. The lowest BCUT2D eigenvalue weighted by Crippen LogP contribution is -2.23. The number of carbonyl (C=O) groups excluding carboxylic acids is 2. The fraction of sp³-hybridized carbons (Fsp3) is 0.375. The van der Waals surface area contributed by atoms with Crippen molar-refractivity contribution in [3.63, 3.8) is 0 Å². The summed E-state index contributed by atoms with van der Waals surface area (Å²) in [6.45, 7) is 6.86. The normalized spacial score (nSPS) is 11.8. The summed E-state index contributed by atoms with van der Waals surface area (Å²) in [5.74, 6) is 3.73. The zero-order valence-electron chi connectivity index (χ0n) is 12.1. The Bertz CT molecular complexity index is 529. The van der Waals surface area contributed by atoms with Crippen molar-refractivity contribution in [3.05, 3.63) is 35.9 Å². The molecular formula is C16H18O4. The van der Waals surface area contributed by atoms with Gasteiger partial charge in [-0.15, -0.1) is 0 Å². The van der Waals surface area contributed by atoms with Gasteiger partial charge in [0.05, 0.1) is 5.56 Å². The molecule has 0 aliphatic heterocycles. The van der Waals surface area contributed by atoms with E-state index >= 15 is 0 Å². The van der Waals surface area contributed by atoms with Crippen LogP contribution in [-0.2, 0) is 14.3 Å². The van der Waals surface area contributed by atoms with Crippen LogP contribution >= 0.6 is 0 Å². The first-order valence-corrected chi connectivity index (χ1v) is 6.28. The third kappa shape index (κ3) is 6.05. The molecule has 0 saturated heterocycles. The van der Waals surface area contributed by atoms with Gasteiger partial charge in [-0.3, -0.25) is 0 Å². The molecule has 1 rings (SSSR count). The van der Waals surface area contributed by atoms with Crippen LogP contribution in [0.5, 0.6) is 0 Å². The first-order chi connectivity index (χ1) is 9.28. The van der Waals surface area contributed by atoms with Crippen molar-refractivity contribution in [1.29, 1.82) is 0 Å². The van der Waals surface area contributed by atoms with Crippen molar-refractivity contribution in [2.24, 2.45) is 0 Å². The SMILES string of the molecule is CC(C#CC(=O)OC(C)(C)C)OC(=O)c1ccccc1. The van der Waals surface area contributed by atoms with Gasteiger partial charge in [0.15, 0.2) is 6.10 Å². The number of ether oxygens (including phenoxy) is 2. The molecule has 0 spiro atoms. The summed E-state index contributed by atoms with van der Waals surface area (Å²) in [4.78, 5) is 23.1. The highest BCUT2D eigenvalue weighted by Gasteiger charge is 2.15. The zero-order chi connectivity index (χ0) is 15.2. The number of rotatable bonds is 2. The van der Waals surface area contributed by atoms with E-state index in [-0.39, 0.29) is 0 Å². The van der Waals surface area contributed by atoms with Crippen molar-refractivity contribution >= 4 is 11.9 Å². The van der Waals surface area contributed by atoms with Gasteiger partial charge in [0.1, 0.15) is 5.60 Å². The van der Waals surface area contributed by atoms with Crippen molar-refractivity contribution in [1.82, 2.24) is 0 Å². The van der Waals surface area contributed by atoms with Crippen LogP contribution in [0.1, 0.15) is 38.1 Å². The van der Waals surface area contributed by atoms with Gasteiger partial charge in [-0.1, -0.05) is 18.2 Å². The van der Waals surface area contributed by atoms with E-state index < -0.39 is 23.6 Å². The maximum Gasteiger partial charge on any atom is 0.384 e. The fourth-order valence-electron chi connectivity index (χ4n) is 1.30. The Morgan fingerprint density at radius 3 is 2.30 bits per heavy atom. The highest BCUT2D eigenvalue weighted by atomic mass is 16.6. The van der Waals surface area contributed by atoms with Crippen LogP contribution in [0.4, 0.5) is 0 Å². The molecule has 4 nitrogen and oxygen atoms in total. The molecule has 0 aromatic heterocycles. The average Bonchev–Trinajstić information content (AvgIpc) is 2.35. The number of esters is 2. The molecule has 0 amide bonds. The van der Waals surface area contributed by atoms with Crippen LogP contribution in [-0.4, -0.2) is 23.6 Å². The van der Waals surface area contributed by atoms with Crippen molar-refractivity contribution in [3.8, 4) is 11.8 Å². The van der Waals surface area contributed by atoms with E-state index in [1.165, 1.54) is 0 Å². The van der Waals surface area contributed by atoms with E-state index in [4.69, 9.17) is 9.47 Å². The summed E-state index contributed by atoms with van der Waals surface area (Å²) < 4.78 is 10.1. The lowest BCUT2D eigenvalue weighted by atomic mass is 10.2. The van der Waals surface area contributed by atoms with Gasteiger partial charge in [-0.05, 0) is 45.7 Å². The molecule has 1 atom stereocenters. The summed E-state index contributed by atoms with van der Waals surface area (Å²) in [6, 6.07) is 8.59. The fourth-order valence-corrected chi connectivity index (χ4v) is 1.30. The minimum absolute atomic E-state index is 0.443.